The van der Waals surface area contributed by atoms with Gasteiger partial charge in [-0.15, -0.1) is 11.8 Å². The number of hydrogen-bond donors (Lipinski definition) is 0. The zero-order valence-corrected chi connectivity index (χ0v) is 18.1. The third-order valence-corrected chi connectivity index (χ3v) is 7.32. The molecule has 7 heteroatoms. The minimum absolute atomic E-state index is 0.103. The van der Waals surface area contributed by atoms with Gasteiger partial charge < -0.3 is 4.90 Å². The van der Waals surface area contributed by atoms with E-state index in [1.165, 1.54) is 23.9 Å². The van der Waals surface area contributed by atoms with Crippen LogP contribution in [0.15, 0.2) is 77.3 Å². The minimum atomic E-state index is -1.14. The summed E-state index contributed by atoms with van der Waals surface area (Å²) in [6, 6.07) is 21.1. The topological polar surface area (TPSA) is 40.6 Å². The van der Waals surface area contributed by atoms with Gasteiger partial charge in [0, 0.05) is 15.7 Å². The number of nitrogens with zero attached hydrogens (tertiary/aromatic N) is 2. The van der Waals surface area contributed by atoms with Crippen molar-refractivity contribution in [3.05, 3.63) is 94.2 Å². The van der Waals surface area contributed by atoms with E-state index in [9.17, 15) is 14.0 Å². The summed E-state index contributed by atoms with van der Waals surface area (Å²) in [5.74, 6) is -0.358. The third-order valence-electron chi connectivity index (χ3n) is 5.40. The lowest BCUT2D eigenvalue weighted by molar-refractivity contribution is -0.123. The first kappa shape index (κ1) is 19.3. The van der Waals surface area contributed by atoms with Gasteiger partial charge in [-0.3, -0.25) is 14.5 Å². The molecule has 1 fully saturated rings. The molecule has 3 aromatic carbocycles. The molecule has 3 aromatic rings. The molecule has 2 heterocycles. The molecule has 1 atom stereocenters. The first-order valence-electron chi connectivity index (χ1n) is 9.39. The number of para-hydroxylation sites is 1. The number of carbonyl (C=O) groups excluding carboxylic acids is 2. The summed E-state index contributed by atoms with van der Waals surface area (Å²) >= 11 is 4.77. The number of hydrogen-bond acceptors (Lipinski definition) is 3. The predicted octanol–water partition coefficient (Wildman–Crippen LogP) is 5.07. The molecule has 2 aliphatic heterocycles. The highest BCUT2D eigenvalue weighted by atomic mass is 79.9. The molecule has 0 aromatic heterocycles. The molecule has 2 aliphatic rings. The summed E-state index contributed by atoms with van der Waals surface area (Å²) in [6.45, 7) is 0.306. The van der Waals surface area contributed by atoms with Crippen molar-refractivity contribution in [2.24, 2.45) is 0 Å². The SMILES string of the molecule is O=C1CS[C@@]2(C(=O)N(Cc3ccc(F)cc3)c3ccccc32)N1c1ccc(Br)cc1. The number of anilines is 2. The molecule has 2 amide bonds. The summed E-state index contributed by atoms with van der Waals surface area (Å²) in [7, 11) is 0. The van der Waals surface area contributed by atoms with Crippen LogP contribution in [0.5, 0.6) is 0 Å². The van der Waals surface area contributed by atoms with Crippen LogP contribution >= 0.6 is 27.7 Å². The highest BCUT2D eigenvalue weighted by Crippen LogP contribution is 2.55. The average Bonchev–Trinajstić information content (AvgIpc) is 3.22. The fraction of sp³-hybridized carbons (Fsp3) is 0.130. The number of fused-ring (bicyclic) bond motifs is 2. The number of halogens is 2. The fourth-order valence-electron chi connectivity index (χ4n) is 4.07. The van der Waals surface area contributed by atoms with E-state index in [0.717, 1.165) is 21.3 Å². The summed E-state index contributed by atoms with van der Waals surface area (Å²) in [5, 5.41) is 0. The average molecular weight is 483 g/mol. The molecule has 0 aliphatic carbocycles. The molecule has 4 nitrogen and oxygen atoms in total. The molecule has 0 bridgehead atoms. The Morgan fingerprint density at radius 3 is 2.40 bits per heavy atom. The summed E-state index contributed by atoms with van der Waals surface area (Å²) in [6.07, 6.45) is 0. The summed E-state index contributed by atoms with van der Waals surface area (Å²) in [5.41, 5.74) is 3.08. The van der Waals surface area contributed by atoms with Gasteiger partial charge in [-0.25, -0.2) is 4.39 Å². The molecule has 0 saturated carbocycles. The van der Waals surface area contributed by atoms with Gasteiger partial charge in [0.2, 0.25) is 10.8 Å². The van der Waals surface area contributed by atoms with E-state index < -0.39 is 4.87 Å². The molecular formula is C23H16BrFN2O2S. The molecule has 0 unspecified atom stereocenters. The van der Waals surface area contributed by atoms with Crippen LogP contribution in [0, 0.1) is 5.82 Å². The van der Waals surface area contributed by atoms with Gasteiger partial charge >= 0.3 is 0 Å². The van der Waals surface area contributed by atoms with Crippen LogP contribution < -0.4 is 9.80 Å². The quantitative estimate of drug-likeness (QED) is 0.523. The zero-order chi connectivity index (χ0) is 20.9. The maximum Gasteiger partial charge on any atom is 0.269 e. The molecule has 30 heavy (non-hydrogen) atoms. The van der Waals surface area contributed by atoms with E-state index in [1.807, 2.05) is 48.5 Å². The van der Waals surface area contributed by atoms with E-state index in [0.29, 0.717) is 12.2 Å². The highest BCUT2D eigenvalue weighted by molar-refractivity contribution is 9.10. The maximum atomic E-state index is 13.9. The number of benzene rings is 3. The molecule has 1 saturated heterocycles. The second-order valence-corrected chi connectivity index (χ2v) is 9.26. The lowest BCUT2D eigenvalue weighted by Gasteiger charge is -2.33. The van der Waals surface area contributed by atoms with Crippen LogP contribution in [0.4, 0.5) is 15.8 Å². The Balaban J connectivity index is 1.62. The van der Waals surface area contributed by atoms with Crippen LogP contribution in [-0.2, 0) is 21.0 Å². The van der Waals surface area contributed by atoms with Crippen LogP contribution in [0.2, 0.25) is 0 Å². The normalized spacial score (nSPS) is 20.3. The lowest BCUT2D eigenvalue weighted by atomic mass is 10.0. The van der Waals surface area contributed by atoms with E-state index in [-0.39, 0.29) is 23.4 Å². The van der Waals surface area contributed by atoms with Crippen LogP contribution in [0.1, 0.15) is 11.1 Å². The fourth-order valence-corrected chi connectivity index (χ4v) is 5.70. The summed E-state index contributed by atoms with van der Waals surface area (Å²) in [4.78, 5) is 29.0. The third kappa shape index (κ3) is 2.87. The van der Waals surface area contributed by atoms with Gasteiger partial charge in [0.15, 0.2) is 0 Å². The smallest absolute Gasteiger partial charge is 0.269 e. The van der Waals surface area contributed by atoms with Gasteiger partial charge in [0.05, 0.1) is 18.0 Å². The largest absolute Gasteiger partial charge is 0.304 e. The van der Waals surface area contributed by atoms with Crippen molar-refractivity contribution in [1.82, 2.24) is 0 Å². The first-order valence-corrected chi connectivity index (χ1v) is 11.2. The predicted molar refractivity (Wildman–Crippen MR) is 120 cm³/mol. The zero-order valence-electron chi connectivity index (χ0n) is 15.7. The van der Waals surface area contributed by atoms with Crippen LogP contribution in [0.3, 0.4) is 0 Å². The van der Waals surface area contributed by atoms with E-state index in [1.54, 1.807) is 21.9 Å². The second-order valence-electron chi connectivity index (χ2n) is 7.17. The standard InChI is InChI=1S/C23H16BrFN2O2S/c24-16-7-11-18(12-8-16)27-21(28)14-30-23(27)19-3-1-2-4-20(19)26(22(23)29)13-15-5-9-17(25)10-6-15/h1-12H,13-14H2/t23-/m0/s1. The Kier molecular flexibility index (Phi) is 4.67. The summed E-state index contributed by atoms with van der Waals surface area (Å²) < 4.78 is 14.2. The van der Waals surface area contributed by atoms with Crippen LogP contribution in [0.25, 0.3) is 0 Å². The Bertz CT molecular complexity index is 1150. The van der Waals surface area contributed by atoms with Crippen molar-refractivity contribution < 1.29 is 14.0 Å². The monoisotopic (exact) mass is 482 g/mol. The van der Waals surface area contributed by atoms with Gasteiger partial charge in [0.25, 0.3) is 5.91 Å². The maximum absolute atomic E-state index is 13.9. The van der Waals surface area contributed by atoms with E-state index >= 15 is 0 Å². The van der Waals surface area contributed by atoms with Crippen molar-refractivity contribution >= 4 is 50.9 Å². The van der Waals surface area contributed by atoms with Crippen molar-refractivity contribution in [3.8, 4) is 0 Å². The second kappa shape index (κ2) is 7.25. The van der Waals surface area contributed by atoms with Crippen LogP contribution in [-0.4, -0.2) is 17.6 Å². The van der Waals surface area contributed by atoms with Gasteiger partial charge in [-0.1, -0.05) is 46.3 Å². The molecule has 1 spiro atoms. The molecule has 0 radical (unpaired) electrons. The highest BCUT2D eigenvalue weighted by Gasteiger charge is 2.60. The number of thioether (sulfide) groups is 1. The molecule has 5 rings (SSSR count). The number of amides is 2. The van der Waals surface area contributed by atoms with Gasteiger partial charge in [-0.2, -0.15) is 0 Å². The molecule has 0 N–H and O–H groups in total. The Morgan fingerprint density at radius 2 is 1.67 bits per heavy atom. The van der Waals surface area contributed by atoms with Gasteiger partial charge in [0.1, 0.15) is 5.82 Å². The molecular weight excluding hydrogens is 467 g/mol. The first-order chi connectivity index (χ1) is 14.5. The van der Waals surface area contributed by atoms with Crippen molar-refractivity contribution in [2.75, 3.05) is 15.6 Å². The van der Waals surface area contributed by atoms with Gasteiger partial charge in [-0.05, 0) is 48.0 Å². The van der Waals surface area contributed by atoms with E-state index in [2.05, 4.69) is 15.9 Å². The molecule has 150 valence electrons. The number of carbonyl (C=O) groups is 2. The lowest BCUT2D eigenvalue weighted by Crippen LogP contribution is -2.49. The van der Waals surface area contributed by atoms with E-state index in [4.69, 9.17) is 0 Å². The Morgan fingerprint density at radius 1 is 0.967 bits per heavy atom. The van der Waals surface area contributed by atoms with Crippen molar-refractivity contribution in [2.45, 2.75) is 11.4 Å². The Hall–Kier alpha value is -2.64. The van der Waals surface area contributed by atoms with Crippen molar-refractivity contribution in [3.63, 3.8) is 0 Å². The number of rotatable bonds is 3. The minimum Gasteiger partial charge on any atom is -0.304 e. The van der Waals surface area contributed by atoms with Crippen molar-refractivity contribution in [1.29, 1.82) is 0 Å². The Labute approximate surface area is 185 Å².